The molecule has 2 heterocycles. The summed E-state index contributed by atoms with van der Waals surface area (Å²) in [5.74, 6) is 0.773. The minimum Gasteiger partial charge on any atom is -0.456 e. The number of carbonyl (C=O) groups is 1. The third-order valence-electron chi connectivity index (χ3n) is 2.81. The zero-order chi connectivity index (χ0) is 12.1. The van der Waals surface area contributed by atoms with Crippen molar-refractivity contribution in [3.05, 3.63) is 34.1 Å². The molecule has 17 heavy (non-hydrogen) atoms. The largest absolute Gasteiger partial charge is 0.456 e. The van der Waals surface area contributed by atoms with Crippen molar-refractivity contribution in [1.29, 1.82) is 0 Å². The molecule has 0 radical (unpaired) electrons. The highest BCUT2D eigenvalue weighted by atomic mass is 16.4. The summed E-state index contributed by atoms with van der Waals surface area (Å²) in [5.41, 5.74) is 8.19. The second-order valence-electron chi connectivity index (χ2n) is 4.01. The molecule has 1 saturated heterocycles. The number of carbonyl (C=O) groups excluding carboxylic acids is 1. The smallest absolute Gasteiger partial charge is 0.289 e. The molecule has 1 amide bonds. The van der Waals surface area contributed by atoms with Gasteiger partial charge in [-0.1, -0.05) is 5.11 Å². The van der Waals surface area contributed by atoms with E-state index >= 15 is 0 Å². The lowest BCUT2D eigenvalue weighted by atomic mass is 10.1. The van der Waals surface area contributed by atoms with Gasteiger partial charge < -0.3 is 9.32 Å². The second-order valence-corrected chi connectivity index (χ2v) is 4.01. The Bertz CT molecular complexity index is 442. The Morgan fingerprint density at radius 3 is 2.88 bits per heavy atom. The number of furan rings is 1. The lowest BCUT2D eigenvalue weighted by Crippen LogP contribution is -2.35. The minimum absolute atomic E-state index is 0.0723. The van der Waals surface area contributed by atoms with Crippen molar-refractivity contribution >= 4 is 5.91 Å². The molecule has 2 rings (SSSR count). The fourth-order valence-corrected chi connectivity index (χ4v) is 1.93. The lowest BCUT2D eigenvalue weighted by molar-refractivity contribution is 0.0690. The van der Waals surface area contributed by atoms with Crippen LogP contribution in [-0.4, -0.2) is 23.9 Å². The van der Waals surface area contributed by atoms with Crippen molar-refractivity contribution in [3.8, 4) is 0 Å². The Balaban J connectivity index is 2.03. The summed E-state index contributed by atoms with van der Waals surface area (Å²) < 4.78 is 5.34. The molecule has 1 aromatic heterocycles. The Kier molecular flexibility index (Phi) is 3.67. The van der Waals surface area contributed by atoms with Gasteiger partial charge in [-0.05, 0) is 36.9 Å². The molecule has 0 saturated carbocycles. The summed E-state index contributed by atoms with van der Waals surface area (Å²) in [6.45, 7) is 1.74. The third kappa shape index (κ3) is 2.79. The Labute approximate surface area is 98.8 Å². The maximum atomic E-state index is 12.0. The van der Waals surface area contributed by atoms with Gasteiger partial charge in [0.05, 0.1) is 6.54 Å². The van der Waals surface area contributed by atoms with E-state index in [1.807, 2.05) is 0 Å². The molecule has 90 valence electrons. The zero-order valence-electron chi connectivity index (χ0n) is 9.50. The summed E-state index contributed by atoms with van der Waals surface area (Å²) in [6, 6.07) is 3.31. The highest BCUT2D eigenvalue weighted by molar-refractivity contribution is 5.91. The first kappa shape index (κ1) is 11.5. The standard InChI is InChI=1S/C11H14N4O2/c12-14-13-8-9-4-5-10(17-9)11(16)15-6-2-1-3-7-15/h4-5H,1-3,6-8H2. The molecule has 6 nitrogen and oxygen atoms in total. The van der Waals surface area contributed by atoms with Crippen LogP contribution >= 0.6 is 0 Å². The van der Waals surface area contributed by atoms with E-state index < -0.39 is 0 Å². The quantitative estimate of drug-likeness (QED) is 0.457. The van der Waals surface area contributed by atoms with Crippen LogP contribution in [0.3, 0.4) is 0 Å². The van der Waals surface area contributed by atoms with Crippen molar-refractivity contribution in [3.63, 3.8) is 0 Å². The predicted octanol–water partition coefficient (Wildman–Crippen LogP) is 2.72. The van der Waals surface area contributed by atoms with Gasteiger partial charge in [0.25, 0.3) is 5.91 Å². The summed E-state index contributed by atoms with van der Waals surface area (Å²) in [7, 11) is 0. The maximum absolute atomic E-state index is 12.0. The van der Waals surface area contributed by atoms with E-state index in [1.165, 1.54) is 6.42 Å². The number of hydrogen-bond acceptors (Lipinski definition) is 3. The minimum atomic E-state index is -0.0723. The van der Waals surface area contributed by atoms with E-state index in [-0.39, 0.29) is 12.5 Å². The Hall–Kier alpha value is -1.94. The van der Waals surface area contributed by atoms with Crippen LogP contribution in [0.15, 0.2) is 21.7 Å². The van der Waals surface area contributed by atoms with Crippen molar-refractivity contribution in [2.75, 3.05) is 13.1 Å². The molecule has 0 aromatic carbocycles. The molecule has 1 aliphatic rings. The molecule has 1 aromatic rings. The van der Waals surface area contributed by atoms with Crippen molar-refractivity contribution in [1.82, 2.24) is 4.90 Å². The van der Waals surface area contributed by atoms with Crippen LogP contribution in [0.4, 0.5) is 0 Å². The van der Waals surface area contributed by atoms with Gasteiger partial charge in [0, 0.05) is 18.0 Å². The average molecular weight is 234 g/mol. The summed E-state index contributed by atoms with van der Waals surface area (Å²) in [5, 5.41) is 3.39. The van der Waals surface area contributed by atoms with Crippen LogP contribution in [0.1, 0.15) is 35.6 Å². The highest BCUT2D eigenvalue weighted by Crippen LogP contribution is 2.15. The molecular weight excluding hydrogens is 220 g/mol. The van der Waals surface area contributed by atoms with E-state index in [2.05, 4.69) is 10.0 Å². The van der Waals surface area contributed by atoms with Crippen LogP contribution in [0, 0.1) is 0 Å². The first-order chi connectivity index (χ1) is 8.31. The number of rotatable bonds is 3. The van der Waals surface area contributed by atoms with Crippen molar-refractivity contribution in [2.24, 2.45) is 5.11 Å². The topological polar surface area (TPSA) is 82.2 Å². The van der Waals surface area contributed by atoms with Gasteiger partial charge in [-0.2, -0.15) is 0 Å². The molecule has 0 aliphatic carbocycles. The molecule has 0 atom stereocenters. The normalized spacial score (nSPS) is 15.4. The SMILES string of the molecule is [N-]=[N+]=NCc1ccc(C(=O)N2CCCCC2)o1. The highest BCUT2D eigenvalue weighted by Gasteiger charge is 2.20. The number of piperidine rings is 1. The van der Waals surface area contributed by atoms with Gasteiger partial charge in [-0.3, -0.25) is 4.79 Å². The second kappa shape index (κ2) is 5.41. The van der Waals surface area contributed by atoms with Crippen molar-refractivity contribution < 1.29 is 9.21 Å². The average Bonchev–Trinajstić information content (AvgIpc) is 2.85. The summed E-state index contributed by atoms with van der Waals surface area (Å²) >= 11 is 0. The third-order valence-corrected chi connectivity index (χ3v) is 2.81. The fourth-order valence-electron chi connectivity index (χ4n) is 1.93. The number of amides is 1. The maximum Gasteiger partial charge on any atom is 0.289 e. The summed E-state index contributed by atoms with van der Waals surface area (Å²) in [6.07, 6.45) is 3.29. The van der Waals surface area contributed by atoms with Gasteiger partial charge in [0.15, 0.2) is 5.76 Å². The number of hydrogen-bond donors (Lipinski definition) is 0. The van der Waals surface area contributed by atoms with Gasteiger partial charge in [0.2, 0.25) is 0 Å². The van der Waals surface area contributed by atoms with Crippen LogP contribution in [0.25, 0.3) is 10.4 Å². The van der Waals surface area contributed by atoms with Gasteiger partial charge in [-0.15, -0.1) is 0 Å². The number of likely N-dealkylation sites (tertiary alicyclic amines) is 1. The zero-order valence-corrected chi connectivity index (χ0v) is 9.50. The Morgan fingerprint density at radius 2 is 2.18 bits per heavy atom. The first-order valence-corrected chi connectivity index (χ1v) is 5.70. The van der Waals surface area contributed by atoms with Crippen LogP contribution in [-0.2, 0) is 6.54 Å². The van der Waals surface area contributed by atoms with E-state index in [9.17, 15) is 4.79 Å². The van der Waals surface area contributed by atoms with Gasteiger partial charge in [-0.25, -0.2) is 0 Å². The van der Waals surface area contributed by atoms with E-state index in [1.54, 1.807) is 17.0 Å². The van der Waals surface area contributed by atoms with Gasteiger partial charge >= 0.3 is 0 Å². The molecular formula is C11H14N4O2. The van der Waals surface area contributed by atoms with Crippen LogP contribution in [0.2, 0.25) is 0 Å². The van der Waals surface area contributed by atoms with Crippen LogP contribution in [0.5, 0.6) is 0 Å². The molecule has 1 fully saturated rings. The van der Waals surface area contributed by atoms with Crippen LogP contribution < -0.4 is 0 Å². The molecule has 0 unspecified atom stereocenters. The summed E-state index contributed by atoms with van der Waals surface area (Å²) in [4.78, 5) is 16.5. The van der Waals surface area contributed by atoms with E-state index in [0.717, 1.165) is 25.9 Å². The Morgan fingerprint density at radius 1 is 1.41 bits per heavy atom. The van der Waals surface area contributed by atoms with E-state index in [0.29, 0.717) is 11.5 Å². The number of azide groups is 1. The fraction of sp³-hybridized carbons (Fsp3) is 0.545. The van der Waals surface area contributed by atoms with Crippen molar-refractivity contribution in [2.45, 2.75) is 25.8 Å². The molecule has 0 spiro atoms. The first-order valence-electron chi connectivity index (χ1n) is 5.70. The predicted molar refractivity (Wildman–Crippen MR) is 61.3 cm³/mol. The molecule has 6 heteroatoms. The number of nitrogens with zero attached hydrogens (tertiary/aromatic N) is 4. The molecule has 1 aliphatic heterocycles. The lowest BCUT2D eigenvalue weighted by Gasteiger charge is -2.25. The van der Waals surface area contributed by atoms with E-state index in [4.69, 9.17) is 9.95 Å². The molecule has 0 bridgehead atoms. The molecule has 0 N–H and O–H groups in total. The monoisotopic (exact) mass is 234 g/mol. The van der Waals surface area contributed by atoms with Gasteiger partial charge in [0.1, 0.15) is 5.76 Å².